The fourth-order valence-corrected chi connectivity index (χ4v) is 0.679. The zero-order valence-electron chi connectivity index (χ0n) is 8.90. The Labute approximate surface area is 87.2 Å². The van der Waals surface area contributed by atoms with Crippen molar-refractivity contribution in [3.05, 3.63) is 0 Å². The molecule has 0 atom stereocenters. The number of primary amides is 1. The Balaban J connectivity index is 4.44. The van der Waals surface area contributed by atoms with Crippen molar-refractivity contribution in [3.8, 4) is 0 Å². The number of aliphatic carboxylic acids is 1. The molecule has 0 rings (SSSR count). The number of nitrogens with two attached hydrogens (primary N) is 1. The van der Waals surface area contributed by atoms with E-state index < -0.39 is 23.4 Å². The number of nitrogens with zero attached hydrogens (tertiary/aromatic N) is 1. The molecule has 0 unspecified atom stereocenters. The Hall–Kier alpha value is -1.79. The summed E-state index contributed by atoms with van der Waals surface area (Å²) in [6.07, 6.45) is 0. The van der Waals surface area contributed by atoms with Crippen LogP contribution >= 0.6 is 0 Å². The predicted octanol–water partition coefficient (Wildman–Crippen LogP) is -1.02. The van der Waals surface area contributed by atoms with Gasteiger partial charge >= 0.3 is 12.0 Å². The van der Waals surface area contributed by atoms with Crippen LogP contribution in [0.4, 0.5) is 4.79 Å². The van der Waals surface area contributed by atoms with Crippen molar-refractivity contribution in [2.45, 2.75) is 19.4 Å². The maximum absolute atomic E-state index is 11.3. The summed E-state index contributed by atoms with van der Waals surface area (Å²) in [7, 11) is 1.32. The van der Waals surface area contributed by atoms with Crippen LogP contribution in [0.15, 0.2) is 0 Å². The average molecular weight is 217 g/mol. The highest BCUT2D eigenvalue weighted by Crippen LogP contribution is 2.11. The zero-order valence-corrected chi connectivity index (χ0v) is 8.90. The molecule has 15 heavy (non-hydrogen) atoms. The largest absolute Gasteiger partial charge is 0.480 e. The van der Waals surface area contributed by atoms with Crippen LogP contribution in [0.2, 0.25) is 0 Å². The number of carboxylic acids is 1. The number of nitrogens with one attached hydrogen (secondary N) is 1. The second kappa shape index (κ2) is 4.63. The summed E-state index contributed by atoms with van der Waals surface area (Å²) in [5.41, 5.74) is 3.48. The summed E-state index contributed by atoms with van der Waals surface area (Å²) in [6.45, 7) is 2.43. The molecule has 0 fully saturated rings. The molecule has 0 bridgehead atoms. The van der Waals surface area contributed by atoms with Gasteiger partial charge in [0.25, 0.3) is 0 Å². The van der Waals surface area contributed by atoms with Crippen molar-refractivity contribution in [3.63, 3.8) is 0 Å². The van der Waals surface area contributed by atoms with Gasteiger partial charge in [0.05, 0.1) is 6.54 Å². The lowest BCUT2D eigenvalue weighted by Gasteiger charge is -2.31. The van der Waals surface area contributed by atoms with Crippen LogP contribution in [-0.2, 0) is 9.59 Å². The molecule has 0 aromatic carbocycles. The van der Waals surface area contributed by atoms with Crippen LogP contribution in [0.25, 0.3) is 0 Å². The third-order valence-corrected chi connectivity index (χ3v) is 2.08. The lowest BCUT2D eigenvalue weighted by Crippen LogP contribution is -2.54. The Morgan fingerprint density at radius 2 is 1.87 bits per heavy atom. The van der Waals surface area contributed by atoms with Gasteiger partial charge in [0.1, 0.15) is 5.54 Å². The number of carboxylic acid groups (broad SMARTS) is 1. The first kappa shape index (κ1) is 13.2. The first-order chi connectivity index (χ1) is 6.69. The molecule has 0 aliphatic rings. The first-order valence-corrected chi connectivity index (χ1v) is 4.23. The maximum Gasteiger partial charge on any atom is 0.329 e. The second-order valence-electron chi connectivity index (χ2n) is 3.55. The van der Waals surface area contributed by atoms with Crippen LogP contribution in [0.5, 0.6) is 0 Å². The van der Waals surface area contributed by atoms with Crippen LogP contribution in [0.3, 0.4) is 0 Å². The van der Waals surface area contributed by atoms with Gasteiger partial charge in [-0.05, 0) is 13.8 Å². The standard InChI is InChI=1S/C8H15N3O4/c1-8(2,6(13)14)11(3)7(15)10-4-5(9)12/h4H2,1-3H3,(H2,9,12)(H,10,15)(H,13,14). The van der Waals surface area contributed by atoms with Crippen molar-refractivity contribution in [1.29, 1.82) is 0 Å². The Kier molecular flexibility index (Phi) is 4.07. The summed E-state index contributed by atoms with van der Waals surface area (Å²) in [5, 5.41) is 11.0. The quantitative estimate of drug-likeness (QED) is 0.559. The molecule has 0 aromatic heterocycles. The molecule has 0 saturated carbocycles. The van der Waals surface area contributed by atoms with Gasteiger partial charge in [-0.3, -0.25) is 4.79 Å². The number of hydrogen-bond acceptors (Lipinski definition) is 3. The second-order valence-corrected chi connectivity index (χ2v) is 3.55. The molecule has 0 aliphatic carbocycles. The lowest BCUT2D eigenvalue weighted by molar-refractivity contribution is -0.146. The summed E-state index contributed by atoms with van der Waals surface area (Å²) in [6, 6.07) is -0.666. The maximum atomic E-state index is 11.3. The molecule has 7 nitrogen and oxygen atoms in total. The van der Waals surface area contributed by atoms with E-state index in [9.17, 15) is 14.4 Å². The molecular formula is C8H15N3O4. The van der Waals surface area contributed by atoms with Crippen LogP contribution in [0, 0.1) is 0 Å². The summed E-state index contributed by atoms with van der Waals surface area (Å²) >= 11 is 0. The van der Waals surface area contributed by atoms with Crippen molar-refractivity contribution < 1.29 is 19.5 Å². The number of hydrogen-bond donors (Lipinski definition) is 3. The molecule has 0 aliphatic heterocycles. The zero-order chi connectivity index (χ0) is 12.2. The fourth-order valence-electron chi connectivity index (χ4n) is 0.679. The van der Waals surface area contributed by atoms with Gasteiger partial charge in [0, 0.05) is 7.05 Å². The molecule has 4 N–H and O–H groups in total. The van der Waals surface area contributed by atoms with Gasteiger partial charge in [-0.2, -0.15) is 0 Å². The number of rotatable bonds is 4. The number of carbonyl (C=O) groups excluding carboxylic acids is 2. The molecule has 7 heteroatoms. The van der Waals surface area contributed by atoms with E-state index in [0.29, 0.717) is 0 Å². The number of amides is 3. The molecule has 0 aromatic rings. The third-order valence-electron chi connectivity index (χ3n) is 2.08. The highest BCUT2D eigenvalue weighted by molar-refractivity contribution is 5.87. The van der Waals surface area contributed by atoms with E-state index in [-0.39, 0.29) is 6.54 Å². The van der Waals surface area contributed by atoms with E-state index in [1.54, 1.807) is 0 Å². The normalized spacial score (nSPS) is 10.6. The monoisotopic (exact) mass is 217 g/mol. The van der Waals surface area contributed by atoms with Crippen molar-refractivity contribution in [1.82, 2.24) is 10.2 Å². The Morgan fingerprint density at radius 3 is 2.20 bits per heavy atom. The molecule has 0 spiro atoms. The Bertz CT molecular complexity index is 288. The SMILES string of the molecule is CN(C(=O)NCC(N)=O)C(C)(C)C(=O)O. The molecule has 0 saturated heterocycles. The predicted molar refractivity (Wildman–Crippen MR) is 52.1 cm³/mol. The van der Waals surface area contributed by atoms with Crippen molar-refractivity contribution in [2.24, 2.45) is 5.73 Å². The summed E-state index contributed by atoms with van der Waals surface area (Å²) < 4.78 is 0. The minimum atomic E-state index is -1.35. The third kappa shape index (κ3) is 3.45. The lowest BCUT2D eigenvalue weighted by atomic mass is 10.1. The van der Waals surface area contributed by atoms with Crippen LogP contribution < -0.4 is 11.1 Å². The molecule has 3 amide bonds. The Morgan fingerprint density at radius 1 is 1.40 bits per heavy atom. The van der Waals surface area contributed by atoms with E-state index >= 15 is 0 Å². The highest BCUT2D eigenvalue weighted by atomic mass is 16.4. The minimum Gasteiger partial charge on any atom is -0.480 e. The van der Waals surface area contributed by atoms with Crippen molar-refractivity contribution >= 4 is 17.9 Å². The minimum absolute atomic E-state index is 0.321. The average Bonchev–Trinajstić information content (AvgIpc) is 2.12. The van der Waals surface area contributed by atoms with Gasteiger partial charge in [-0.15, -0.1) is 0 Å². The highest BCUT2D eigenvalue weighted by Gasteiger charge is 2.35. The molecule has 86 valence electrons. The topological polar surface area (TPSA) is 113 Å². The molecule has 0 radical (unpaired) electrons. The van der Waals surface area contributed by atoms with Gasteiger partial charge in [0.15, 0.2) is 0 Å². The summed E-state index contributed by atoms with van der Waals surface area (Å²) in [5.74, 6) is -1.83. The van der Waals surface area contributed by atoms with Gasteiger partial charge in [-0.1, -0.05) is 0 Å². The van der Waals surface area contributed by atoms with Crippen LogP contribution in [-0.4, -0.2) is 47.0 Å². The van der Waals surface area contributed by atoms with Gasteiger partial charge in [0.2, 0.25) is 5.91 Å². The van der Waals surface area contributed by atoms with E-state index in [2.05, 4.69) is 5.32 Å². The van der Waals surface area contributed by atoms with Gasteiger partial charge in [-0.25, -0.2) is 9.59 Å². The fraction of sp³-hybridized carbons (Fsp3) is 0.625. The van der Waals surface area contributed by atoms with E-state index in [4.69, 9.17) is 10.8 Å². The van der Waals surface area contributed by atoms with E-state index in [1.807, 2.05) is 0 Å². The van der Waals surface area contributed by atoms with E-state index in [0.717, 1.165) is 4.90 Å². The number of carbonyl (C=O) groups is 3. The number of likely N-dealkylation sites (N-methyl/N-ethyl adjacent to an activating group) is 1. The smallest absolute Gasteiger partial charge is 0.329 e. The van der Waals surface area contributed by atoms with Gasteiger partial charge < -0.3 is 21.1 Å². The molecular weight excluding hydrogens is 202 g/mol. The van der Waals surface area contributed by atoms with E-state index in [1.165, 1.54) is 20.9 Å². The first-order valence-electron chi connectivity index (χ1n) is 4.23. The number of urea groups is 1. The summed E-state index contributed by atoms with van der Waals surface area (Å²) in [4.78, 5) is 33.5. The van der Waals surface area contributed by atoms with Crippen molar-refractivity contribution in [2.75, 3.05) is 13.6 Å². The molecule has 0 heterocycles. The van der Waals surface area contributed by atoms with Crippen LogP contribution in [0.1, 0.15) is 13.8 Å².